The Morgan fingerprint density at radius 1 is 1.27 bits per heavy atom. The molecule has 0 fully saturated rings. The second-order valence-electron chi connectivity index (χ2n) is 5.98. The highest BCUT2D eigenvalue weighted by molar-refractivity contribution is 5.40. The van der Waals surface area contributed by atoms with E-state index in [1.165, 1.54) is 0 Å². The molecule has 0 saturated carbocycles. The molecular weight excluding hydrogens is 351 g/mol. The molecule has 0 spiro atoms. The largest absolute Gasteiger partial charge is 0.497 e. The van der Waals surface area contributed by atoms with Gasteiger partial charge in [0.1, 0.15) is 11.5 Å². The highest BCUT2D eigenvalue weighted by Gasteiger charge is 2.36. The fourth-order valence-corrected chi connectivity index (χ4v) is 3.00. The lowest BCUT2D eigenvalue weighted by Gasteiger charge is -2.28. The topological polar surface area (TPSA) is 67.5 Å². The number of hydrogen-bond donors (Lipinski definition) is 1. The predicted octanol–water partition coefficient (Wildman–Crippen LogP) is 2.36. The Kier molecular flexibility index (Phi) is 4.90. The monoisotopic (exact) mass is 369 g/mol. The zero-order valence-corrected chi connectivity index (χ0v) is 14.3. The van der Waals surface area contributed by atoms with E-state index < -0.39 is 17.6 Å². The number of halogens is 3. The zero-order chi connectivity index (χ0) is 18.9. The summed E-state index contributed by atoms with van der Waals surface area (Å²) >= 11 is 0. The number of rotatable bonds is 4. The van der Waals surface area contributed by atoms with E-state index in [4.69, 9.17) is 9.47 Å². The molecule has 0 saturated heterocycles. The Balaban J connectivity index is 1.85. The van der Waals surface area contributed by atoms with Crippen molar-refractivity contribution in [2.75, 3.05) is 20.8 Å². The first-order valence-electron chi connectivity index (χ1n) is 7.94. The summed E-state index contributed by atoms with van der Waals surface area (Å²) in [7, 11) is 3.12. The van der Waals surface area contributed by atoms with Gasteiger partial charge in [0.25, 0.3) is 5.56 Å². The Morgan fingerprint density at radius 3 is 2.69 bits per heavy atom. The summed E-state index contributed by atoms with van der Waals surface area (Å²) in [6.07, 6.45) is -4.39. The molecule has 1 aromatic heterocycles. The van der Waals surface area contributed by atoms with Gasteiger partial charge in [0, 0.05) is 31.6 Å². The van der Waals surface area contributed by atoms with Crippen LogP contribution in [0.2, 0.25) is 0 Å². The van der Waals surface area contributed by atoms with Crippen molar-refractivity contribution in [1.29, 1.82) is 0 Å². The Labute approximate surface area is 147 Å². The van der Waals surface area contributed by atoms with E-state index >= 15 is 0 Å². The van der Waals surface area contributed by atoms with Crippen molar-refractivity contribution in [2.24, 2.45) is 0 Å². The van der Waals surface area contributed by atoms with Crippen LogP contribution in [-0.2, 0) is 25.7 Å². The molecule has 0 bridgehead atoms. The molecule has 0 amide bonds. The van der Waals surface area contributed by atoms with Gasteiger partial charge in [-0.2, -0.15) is 13.2 Å². The molecule has 2 aromatic rings. The first-order valence-corrected chi connectivity index (χ1v) is 7.94. The van der Waals surface area contributed by atoms with Gasteiger partial charge in [-0.05, 0) is 18.2 Å². The molecule has 1 aliphatic heterocycles. The van der Waals surface area contributed by atoms with Crippen LogP contribution >= 0.6 is 0 Å². The third-order valence-electron chi connectivity index (χ3n) is 4.30. The van der Waals surface area contributed by atoms with E-state index in [9.17, 15) is 18.0 Å². The average Bonchev–Trinajstić information content (AvgIpc) is 2.61. The molecule has 140 valence electrons. The van der Waals surface area contributed by atoms with Crippen LogP contribution in [0.3, 0.4) is 0 Å². The number of nitrogens with one attached hydrogen (secondary N) is 1. The van der Waals surface area contributed by atoms with Gasteiger partial charge in [0.2, 0.25) is 5.82 Å². The third kappa shape index (κ3) is 3.67. The number of aromatic amines is 1. The third-order valence-corrected chi connectivity index (χ3v) is 4.30. The summed E-state index contributed by atoms with van der Waals surface area (Å²) in [5.74, 6) is 0.104. The Bertz CT molecular complexity index is 865. The summed E-state index contributed by atoms with van der Waals surface area (Å²) in [6.45, 7) is 1.18. The highest BCUT2D eigenvalue weighted by atomic mass is 19.4. The second-order valence-corrected chi connectivity index (χ2v) is 5.98. The van der Waals surface area contributed by atoms with E-state index in [0.29, 0.717) is 24.6 Å². The summed E-state index contributed by atoms with van der Waals surface area (Å²) < 4.78 is 48.9. The number of benzene rings is 1. The van der Waals surface area contributed by atoms with Crippen LogP contribution in [0.1, 0.15) is 22.6 Å². The number of methoxy groups -OCH3 is 2. The number of aromatic nitrogens is 2. The molecule has 1 aromatic carbocycles. The SMILES string of the molecule is COc1ccc(OC)c(CN2CCc3nc(C(F)(F)F)[nH]c(=O)c3C2)c1. The van der Waals surface area contributed by atoms with Crippen LogP contribution in [0.25, 0.3) is 0 Å². The van der Waals surface area contributed by atoms with Gasteiger partial charge in [-0.3, -0.25) is 9.69 Å². The maximum Gasteiger partial charge on any atom is 0.449 e. The van der Waals surface area contributed by atoms with E-state index in [1.807, 2.05) is 16.0 Å². The molecule has 26 heavy (non-hydrogen) atoms. The fraction of sp³-hybridized carbons (Fsp3) is 0.412. The minimum atomic E-state index is -4.67. The van der Waals surface area contributed by atoms with E-state index in [2.05, 4.69) is 4.98 Å². The van der Waals surface area contributed by atoms with E-state index in [1.54, 1.807) is 26.4 Å². The molecule has 0 radical (unpaired) electrons. The van der Waals surface area contributed by atoms with Gasteiger partial charge < -0.3 is 14.5 Å². The number of hydrogen-bond acceptors (Lipinski definition) is 5. The average molecular weight is 369 g/mol. The van der Waals surface area contributed by atoms with Crippen LogP contribution in [-0.4, -0.2) is 35.6 Å². The first-order chi connectivity index (χ1) is 12.3. The van der Waals surface area contributed by atoms with Gasteiger partial charge in [0.15, 0.2) is 0 Å². The molecule has 1 N–H and O–H groups in total. The van der Waals surface area contributed by atoms with Gasteiger partial charge in [0.05, 0.1) is 25.5 Å². The minimum absolute atomic E-state index is 0.204. The van der Waals surface area contributed by atoms with Crippen molar-refractivity contribution in [3.05, 3.63) is 51.2 Å². The van der Waals surface area contributed by atoms with Crippen molar-refractivity contribution in [3.63, 3.8) is 0 Å². The van der Waals surface area contributed by atoms with Crippen molar-refractivity contribution < 1.29 is 22.6 Å². The smallest absolute Gasteiger partial charge is 0.449 e. The molecule has 0 aliphatic carbocycles. The quantitative estimate of drug-likeness (QED) is 0.896. The summed E-state index contributed by atoms with van der Waals surface area (Å²) in [5.41, 5.74) is 0.595. The lowest BCUT2D eigenvalue weighted by atomic mass is 10.1. The molecular formula is C17H18F3N3O3. The zero-order valence-electron chi connectivity index (χ0n) is 14.3. The highest BCUT2D eigenvalue weighted by Crippen LogP contribution is 2.28. The number of alkyl halides is 3. The van der Waals surface area contributed by atoms with Crippen LogP contribution < -0.4 is 15.0 Å². The van der Waals surface area contributed by atoms with Gasteiger partial charge >= 0.3 is 6.18 Å². The van der Waals surface area contributed by atoms with Crippen molar-refractivity contribution >= 4 is 0 Å². The van der Waals surface area contributed by atoms with Crippen molar-refractivity contribution in [3.8, 4) is 11.5 Å². The van der Waals surface area contributed by atoms with E-state index in [-0.39, 0.29) is 24.2 Å². The number of H-pyrrole nitrogens is 1. The lowest BCUT2D eigenvalue weighted by molar-refractivity contribution is -0.145. The lowest BCUT2D eigenvalue weighted by Crippen LogP contribution is -2.36. The Morgan fingerprint density at radius 2 is 2.04 bits per heavy atom. The second kappa shape index (κ2) is 6.99. The number of ether oxygens (including phenoxy) is 2. The molecule has 1 aliphatic rings. The minimum Gasteiger partial charge on any atom is -0.497 e. The molecule has 6 nitrogen and oxygen atoms in total. The van der Waals surface area contributed by atoms with Crippen molar-refractivity contribution in [2.45, 2.75) is 25.7 Å². The van der Waals surface area contributed by atoms with Gasteiger partial charge in [-0.15, -0.1) is 0 Å². The summed E-state index contributed by atoms with van der Waals surface area (Å²) in [6, 6.07) is 5.40. The molecule has 2 heterocycles. The van der Waals surface area contributed by atoms with Gasteiger partial charge in [-0.1, -0.05) is 0 Å². The predicted molar refractivity (Wildman–Crippen MR) is 87.2 cm³/mol. The van der Waals surface area contributed by atoms with Crippen LogP contribution in [0, 0.1) is 0 Å². The maximum absolute atomic E-state index is 12.8. The molecule has 0 unspecified atom stereocenters. The van der Waals surface area contributed by atoms with E-state index in [0.717, 1.165) is 5.56 Å². The van der Waals surface area contributed by atoms with Gasteiger partial charge in [-0.25, -0.2) is 4.98 Å². The molecule has 9 heteroatoms. The summed E-state index contributed by atoms with van der Waals surface area (Å²) in [5, 5.41) is 0. The maximum atomic E-state index is 12.8. The Hall–Kier alpha value is -2.55. The van der Waals surface area contributed by atoms with Crippen molar-refractivity contribution in [1.82, 2.24) is 14.9 Å². The summed E-state index contributed by atoms with van der Waals surface area (Å²) in [4.78, 5) is 19.5. The number of fused-ring (bicyclic) bond motifs is 1. The standard InChI is InChI=1S/C17H18F3N3O3/c1-25-11-3-4-14(26-2)10(7-11)8-23-6-5-13-12(9-23)15(24)22-16(21-13)17(18,19)20/h3-4,7H,5-6,8-9H2,1-2H3,(H,21,22,24). The number of nitrogens with zero attached hydrogens (tertiary/aromatic N) is 2. The van der Waals surface area contributed by atoms with Crippen LogP contribution in [0.4, 0.5) is 13.2 Å². The van der Waals surface area contributed by atoms with Crippen LogP contribution in [0.15, 0.2) is 23.0 Å². The molecule has 3 rings (SSSR count). The normalized spacial score (nSPS) is 14.8. The van der Waals surface area contributed by atoms with Crippen LogP contribution in [0.5, 0.6) is 11.5 Å². The first kappa shape index (κ1) is 18.2. The fourth-order valence-electron chi connectivity index (χ4n) is 3.00. The molecule has 0 atom stereocenters.